The van der Waals surface area contributed by atoms with Crippen LogP contribution in [-0.2, 0) is 0 Å². The summed E-state index contributed by atoms with van der Waals surface area (Å²) in [6.45, 7) is 5.47. The van der Waals surface area contributed by atoms with Crippen LogP contribution in [0.4, 0.5) is 0 Å². The van der Waals surface area contributed by atoms with Gasteiger partial charge in [0.2, 0.25) is 0 Å². The second-order valence-corrected chi connectivity index (χ2v) is 4.12. The third-order valence-corrected chi connectivity index (χ3v) is 2.24. The molecular weight excluding hydrogens is 166 g/mol. The first-order valence-corrected chi connectivity index (χ1v) is 5.05. The van der Waals surface area contributed by atoms with E-state index in [-0.39, 0.29) is 0 Å². The zero-order chi connectivity index (χ0) is 8.81. The average molecular weight is 181 g/mol. The van der Waals surface area contributed by atoms with Crippen LogP contribution >= 0.6 is 11.9 Å². The summed E-state index contributed by atoms with van der Waals surface area (Å²) in [4.78, 5) is 1.28. The summed E-state index contributed by atoms with van der Waals surface area (Å²) in [5.41, 5.74) is 0. The fraction of sp³-hybridized carbons (Fsp3) is 0.400. The summed E-state index contributed by atoms with van der Waals surface area (Å²) < 4.78 is 3.32. The molecule has 0 radical (unpaired) electrons. The van der Waals surface area contributed by atoms with Crippen molar-refractivity contribution < 1.29 is 0 Å². The molecule has 1 rings (SSSR count). The molecule has 12 heavy (non-hydrogen) atoms. The van der Waals surface area contributed by atoms with Crippen molar-refractivity contribution in [1.82, 2.24) is 4.72 Å². The molecule has 0 unspecified atom stereocenters. The molecule has 0 spiro atoms. The molecule has 0 aliphatic carbocycles. The third kappa shape index (κ3) is 3.79. The second-order valence-electron chi connectivity index (χ2n) is 3.16. The van der Waals surface area contributed by atoms with E-state index in [9.17, 15) is 0 Å². The van der Waals surface area contributed by atoms with E-state index in [0.29, 0.717) is 5.92 Å². The maximum absolute atomic E-state index is 3.32. The van der Waals surface area contributed by atoms with Crippen LogP contribution in [0, 0.1) is 5.92 Å². The van der Waals surface area contributed by atoms with Crippen molar-refractivity contribution in [2.45, 2.75) is 18.7 Å². The Morgan fingerprint density at radius 3 is 2.50 bits per heavy atom. The maximum atomic E-state index is 3.32. The summed E-state index contributed by atoms with van der Waals surface area (Å²) in [6, 6.07) is 10.4. The highest BCUT2D eigenvalue weighted by Crippen LogP contribution is 2.12. The van der Waals surface area contributed by atoms with E-state index in [0.717, 1.165) is 6.54 Å². The lowest BCUT2D eigenvalue weighted by atomic mass is 10.2. The predicted octanol–water partition coefficient (Wildman–Crippen LogP) is 2.94. The van der Waals surface area contributed by atoms with Gasteiger partial charge in [0, 0.05) is 11.4 Å². The Kier molecular flexibility index (Phi) is 4.19. The average Bonchev–Trinajstić information content (AvgIpc) is 2.05. The first-order chi connectivity index (χ1) is 5.79. The van der Waals surface area contributed by atoms with Crippen molar-refractivity contribution in [3.05, 3.63) is 30.3 Å². The minimum Gasteiger partial charge on any atom is -0.260 e. The van der Waals surface area contributed by atoms with Gasteiger partial charge < -0.3 is 0 Å². The van der Waals surface area contributed by atoms with Crippen molar-refractivity contribution in [2.75, 3.05) is 6.54 Å². The smallest absolute Gasteiger partial charge is 0.0228 e. The lowest BCUT2D eigenvalue weighted by Crippen LogP contribution is -2.11. The first-order valence-electron chi connectivity index (χ1n) is 4.24. The van der Waals surface area contributed by atoms with Crippen LogP contribution in [0.1, 0.15) is 13.8 Å². The molecule has 0 saturated carbocycles. The Labute approximate surface area is 78.7 Å². The van der Waals surface area contributed by atoms with Crippen LogP contribution in [0.25, 0.3) is 0 Å². The van der Waals surface area contributed by atoms with Crippen molar-refractivity contribution >= 4 is 11.9 Å². The molecule has 0 saturated heterocycles. The van der Waals surface area contributed by atoms with Crippen LogP contribution in [0.3, 0.4) is 0 Å². The van der Waals surface area contributed by atoms with Crippen molar-refractivity contribution in [3.63, 3.8) is 0 Å². The Morgan fingerprint density at radius 1 is 1.25 bits per heavy atom. The fourth-order valence-corrected chi connectivity index (χ4v) is 1.66. The molecule has 1 nitrogen and oxygen atoms in total. The second kappa shape index (κ2) is 5.22. The summed E-state index contributed by atoms with van der Waals surface area (Å²) in [7, 11) is 0. The zero-order valence-electron chi connectivity index (χ0n) is 7.58. The van der Waals surface area contributed by atoms with E-state index in [4.69, 9.17) is 0 Å². The molecule has 1 aromatic carbocycles. The van der Waals surface area contributed by atoms with E-state index in [1.807, 2.05) is 6.07 Å². The van der Waals surface area contributed by atoms with Crippen LogP contribution in [-0.4, -0.2) is 6.54 Å². The topological polar surface area (TPSA) is 12.0 Å². The monoisotopic (exact) mass is 181 g/mol. The zero-order valence-corrected chi connectivity index (χ0v) is 8.40. The van der Waals surface area contributed by atoms with Gasteiger partial charge in [0.15, 0.2) is 0 Å². The number of hydrogen-bond acceptors (Lipinski definition) is 2. The minimum absolute atomic E-state index is 0.709. The highest BCUT2D eigenvalue weighted by atomic mass is 32.2. The Bertz CT molecular complexity index is 208. The molecule has 0 bridgehead atoms. The molecule has 0 fully saturated rings. The highest BCUT2D eigenvalue weighted by Gasteiger charge is 1.93. The van der Waals surface area contributed by atoms with Crippen LogP contribution in [0.5, 0.6) is 0 Å². The van der Waals surface area contributed by atoms with Crippen molar-refractivity contribution in [1.29, 1.82) is 0 Å². The Balaban J connectivity index is 2.25. The summed E-state index contributed by atoms with van der Waals surface area (Å²) in [5.74, 6) is 0.709. The molecule has 2 heteroatoms. The molecule has 0 aliphatic rings. The van der Waals surface area contributed by atoms with E-state index >= 15 is 0 Å². The number of hydrogen-bond donors (Lipinski definition) is 1. The molecule has 66 valence electrons. The minimum atomic E-state index is 0.709. The van der Waals surface area contributed by atoms with Gasteiger partial charge in [-0.25, -0.2) is 0 Å². The van der Waals surface area contributed by atoms with Gasteiger partial charge in [0.25, 0.3) is 0 Å². The predicted molar refractivity (Wildman–Crippen MR) is 55.1 cm³/mol. The number of nitrogens with one attached hydrogen (secondary N) is 1. The SMILES string of the molecule is CC(C)CNSc1ccccc1. The molecule has 0 heterocycles. The molecular formula is C10H15NS. The third-order valence-electron chi connectivity index (χ3n) is 1.42. The largest absolute Gasteiger partial charge is 0.260 e. The Morgan fingerprint density at radius 2 is 1.92 bits per heavy atom. The van der Waals surface area contributed by atoms with Gasteiger partial charge in [-0.3, -0.25) is 4.72 Å². The van der Waals surface area contributed by atoms with E-state index in [1.54, 1.807) is 11.9 Å². The quantitative estimate of drug-likeness (QED) is 0.717. The molecule has 0 aliphatic heterocycles. The maximum Gasteiger partial charge on any atom is 0.0228 e. The van der Waals surface area contributed by atoms with Gasteiger partial charge in [-0.15, -0.1) is 0 Å². The number of benzene rings is 1. The Hall–Kier alpha value is -0.470. The van der Waals surface area contributed by atoms with E-state index in [1.165, 1.54) is 4.90 Å². The van der Waals surface area contributed by atoms with Gasteiger partial charge >= 0.3 is 0 Å². The normalized spacial score (nSPS) is 10.6. The molecule has 0 atom stereocenters. The van der Waals surface area contributed by atoms with Gasteiger partial charge in [-0.1, -0.05) is 32.0 Å². The number of rotatable bonds is 4. The van der Waals surface area contributed by atoms with Crippen molar-refractivity contribution in [2.24, 2.45) is 5.92 Å². The summed E-state index contributed by atoms with van der Waals surface area (Å²) >= 11 is 1.70. The molecule has 1 N–H and O–H groups in total. The van der Waals surface area contributed by atoms with Gasteiger partial charge in [-0.05, 0) is 30.0 Å². The first kappa shape index (κ1) is 9.62. The standard InChI is InChI=1S/C10H15NS/c1-9(2)8-11-12-10-6-4-3-5-7-10/h3-7,9,11H,8H2,1-2H3. The molecule has 1 aromatic rings. The lowest BCUT2D eigenvalue weighted by Gasteiger charge is -2.05. The summed E-state index contributed by atoms with van der Waals surface area (Å²) in [6.07, 6.45) is 0. The van der Waals surface area contributed by atoms with Gasteiger partial charge in [-0.2, -0.15) is 0 Å². The van der Waals surface area contributed by atoms with Crippen LogP contribution in [0.15, 0.2) is 35.2 Å². The van der Waals surface area contributed by atoms with E-state index in [2.05, 4.69) is 42.8 Å². The van der Waals surface area contributed by atoms with Gasteiger partial charge in [0.05, 0.1) is 0 Å². The van der Waals surface area contributed by atoms with Crippen molar-refractivity contribution in [3.8, 4) is 0 Å². The van der Waals surface area contributed by atoms with Crippen LogP contribution < -0.4 is 4.72 Å². The molecule has 0 aromatic heterocycles. The molecule has 0 amide bonds. The summed E-state index contributed by atoms with van der Waals surface area (Å²) in [5, 5.41) is 0. The highest BCUT2D eigenvalue weighted by molar-refractivity contribution is 7.97. The van der Waals surface area contributed by atoms with Gasteiger partial charge in [0.1, 0.15) is 0 Å². The fourth-order valence-electron chi connectivity index (χ4n) is 0.780. The lowest BCUT2D eigenvalue weighted by molar-refractivity contribution is 0.640. The van der Waals surface area contributed by atoms with E-state index < -0.39 is 0 Å². The van der Waals surface area contributed by atoms with Crippen LogP contribution in [0.2, 0.25) is 0 Å².